The summed E-state index contributed by atoms with van der Waals surface area (Å²) in [5.41, 5.74) is 1.03. The van der Waals surface area contributed by atoms with Crippen LogP contribution in [0.25, 0.3) is 0 Å². The zero-order valence-electron chi connectivity index (χ0n) is 12.5. The van der Waals surface area contributed by atoms with Gasteiger partial charge in [0.1, 0.15) is 11.5 Å². The van der Waals surface area contributed by atoms with Crippen molar-refractivity contribution in [2.75, 3.05) is 20.8 Å². The van der Waals surface area contributed by atoms with Crippen LogP contribution in [0.3, 0.4) is 0 Å². The van der Waals surface area contributed by atoms with Gasteiger partial charge in [-0.15, -0.1) is 11.3 Å². The van der Waals surface area contributed by atoms with Gasteiger partial charge in [0, 0.05) is 5.02 Å². The molecular formula is C16H20ClNO2S. The Balaban J connectivity index is 2.40. The molecule has 1 unspecified atom stereocenters. The van der Waals surface area contributed by atoms with E-state index in [1.165, 1.54) is 0 Å². The summed E-state index contributed by atoms with van der Waals surface area (Å²) in [6.07, 6.45) is 1.05. The maximum Gasteiger partial charge on any atom is 0.134 e. The van der Waals surface area contributed by atoms with Gasteiger partial charge >= 0.3 is 0 Å². The summed E-state index contributed by atoms with van der Waals surface area (Å²) in [5, 5.41) is 6.27. The number of hydrogen-bond acceptors (Lipinski definition) is 4. The van der Waals surface area contributed by atoms with Crippen LogP contribution in [0.1, 0.15) is 29.8 Å². The lowest BCUT2D eigenvalue weighted by atomic mass is 10.0. The molecule has 0 radical (unpaired) electrons. The first-order chi connectivity index (χ1) is 10.2. The molecule has 1 aromatic heterocycles. The first-order valence-corrected chi connectivity index (χ1v) is 8.15. The molecule has 0 amide bonds. The summed E-state index contributed by atoms with van der Waals surface area (Å²) in [4.78, 5) is 1.14. The molecule has 0 saturated heterocycles. The number of nitrogens with one attached hydrogen (secondary N) is 1. The summed E-state index contributed by atoms with van der Waals surface area (Å²) in [7, 11) is 3.33. The molecule has 0 spiro atoms. The molecule has 2 rings (SSSR count). The van der Waals surface area contributed by atoms with Gasteiger partial charge in [-0.2, -0.15) is 0 Å². The van der Waals surface area contributed by atoms with E-state index in [0.717, 1.165) is 34.9 Å². The smallest absolute Gasteiger partial charge is 0.134 e. The van der Waals surface area contributed by atoms with Gasteiger partial charge in [-0.25, -0.2) is 0 Å². The van der Waals surface area contributed by atoms with Crippen LogP contribution in [-0.2, 0) is 0 Å². The second kappa shape index (κ2) is 7.69. The topological polar surface area (TPSA) is 30.5 Å². The Bertz CT molecular complexity index is 585. The highest BCUT2D eigenvalue weighted by atomic mass is 35.5. The number of benzene rings is 1. The maximum absolute atomic E-state index is 6.44. The molecule has 1 heterocycles. The predicted octanol–water partition coefficient (Wildman–Crippen LogP) is 4.51. The quantitative estimate of drug-likeness (QED) is 0.812. The minimum atomic E-state index is 0.0262. The zero-order valence-corrected chi connectivity index (χ0v) is 14.1. The van der Waals surface area contributed by atoms with Gasteiger partial charge in [0.25, 0.3) is 0 Å². The maximum atomic E-state index is 6.44. The van der Waals surface area contributed by atoms with Crippen LogP contribution in [0.2, 0.25) is 5.02 Å². The van der Waals surface area contributed by atoms with Crippen molar-refractivity contribution in [1.82, 2.24) is 5.32 Å². The van der Waals surface area contributed by atoms with Crippen LogP contribution < -0.4 is 14.8 Å². The molecule has 0 bridgehead atoms. The van der Waals surface area contributed by atoms with Crippen molar-refractivity contribution in [2.45, 2.75) is 19.4 Å². The van der Waals surface area contributed by atoms with Crippen LogP contribution >= 0.6 is 22.9 Å². The van der Waals surface area contributed by atoms with Crippen molar-refractivity contribution in [1.29, 1.82) is 0 Å². The van der Waals surface area contributed by atoms with E-state index in [2.05, 4.69) is 12.2 Å². The number of methoxy groups -OCH3 is 2. The number of hydrogen-bond donors (Lipinski definition) is 1. The second-order valence-electron chi connectivity index (χ2n) is 4.63. The average molecular weight is 326 g/mol. The lowest BCUT2D eigenvalue weighted by Crippen LogP contribution is -2.23. The predicted molar refractivity (Wildman–Crippen MR) is 89.0 cm³/mol. The van der Waals surface area contributed by atoms with E-state index >= 15 is 0 Å². The van der Waals surface area contributed by atoms with Crippen molar-refractivity contribution in [2.24, 2.45) is 0 Å². The van der Waals surface area contributed by atoms with Crippen LogP contribution in [-0.4, -0.2) is 20.8 Å². The molecule has 1 aromatic carbocycles. The summed E-state index contributed by atoms with van der Waals surface area (Å²) in [6.45, 7) is 3.05. The van der Waals surface area contributed by atoms with Crippen molar-refractivity contribution < 1.29 is 9.47 Å². The molecule has 0 aliphatic carbocycles. The van der Waals surface area contributed by atoms with Gasteiger partial charge in [0.2, 0.25) is 0 Å². The van der Waals surface area contributed by atoms with E-state index in [-0.39, 0.29) is 6.04 Å². The van der Waals surface area contributed by atoms with E-state index in [9.17, 15) is 0 Å². The Morgan fingerprint density at radius 3 is 2.67 bits per heavy atom. The number of ether oxygens (including phenoxy) is 2. The molecule has 2 aromatic rings. The van der Waals surface area contributed by atoms with Crippen LogP contribution in [0.5, 0.6) is 11.5 Å². The van der Waals surface area contributed by atoms with E-state index in [0.29, 0.717) is 5.02 Å². The number of thiophene rings is 1. The van der Waals surface area contributed by atoms with Gasteiger partial charge in [-0.1, -0.05) is 24.6 Å². The van der Waals surface area contributed by atoms with Crippen LogP contribution in [0.4, 0.5) is 0 Å². The molecular weight excluding hydrogens is 306 g/mol. The van der Waals surface area contributed by atoms with Crippen molar-refractivity contribution in [3.8, 4) is 11.5 Å². The third kappa shape index (κ3) is 3.70. The SMILES string of the molecule is CCCNC(c1ccc(OC)cc1Cl)c1sccc1OC. The Kier molecular flexibility index (Phi) is 5.91. The summed E-state index contributed by atoms with van der Waals surface area (Å²) in [6, 6.07) is 7.80. The molecule has 0 saturated carbocycles. The normalized spacial score (nSPS) is 12.2. The van der Waals surface area contributed by atoms with Gasteiger partial charge in [-0.05, 0) is 42.1 Å². The fraction of sp³-hybridized carbons (Fsp3) is 0.375. The standard InChI is InChI=1S/C16H20ClNO2S/c1-4-8-18-15(16-14(20-3)7-9-21-16)12-6-5-11(19-2)10-13(12)17/h5-7,9-10,15,18H,4,8H2,1-3H3. The van der Waals surface area contributed by atoms with E-state index in [1.807, 2.05) is 29.6 Å². The van der Waals surface area contributed by atoms with Crippen LogP contribution in [0.15, 0.2) is 29.6 Å². The van der Waals surface area contributed by atoms with Gasteiger partial charge in [-0.3, -0.25) is 0 Å². The largest absolute Gasteiger partial charge is 0.497 e. The first kappa shape index (κ1) is 16.1. The lowest BCUT2D eigenvalue weighted by Gasteiger charge is -2.20. The number of rotatable bonds is 7. The number of halogens is 1. The third-order valence-electron chi connectivity index (χ3n) is 3.26. The molecule has 0 fully saturated rings. The third-order valence-corrected chi connectivity index (χ3v) is 4.55. The zero-order chi connectivity index (χ0) is 15.2. The Morgan fingerprint density at radius 1 is 1.24 bits per heavy atom. The summed E-state index contributed by atoms with van der Waals surface area (Å²) in [5.74, 6) is 1.65. The fourth-order valence-electron chi connectivity index (χ4n) is 2.19. The minimum absolute atomic E-state index is 0.0262. The Labute approximate surface area is 134 Å². The molecule has 0 aliphatic heterocycles. The molecule has 3 nitrogen and oxygen atoms in total. The Hall–Kier alpha value is -1.23. The van der Waals surface area contributed by atoms with Gasteiger partial charge in [0.15, 0.2) is 0 Å². The lowest BCUT2D eigenvalue weighted by molar-refractivity contribution is 0.407. The molecule has 114 valence electrons. The monoisotopic (exact) mass is 325 g/mol. The van der Waals surface area contributed by atoms with Crippen LogP contribution in [0, 0.1) is 0 Å². The molecule has 5 heteroatoms. The molecule has 21 heavy (non-hydrogen) atoms. The molecule has 1 atom stereocenters. The van der Waals surface area contributed by atoms with E-state index in [4.69, 9.17) is 21.1 Å². The van der Waals surface area contributed by atoms with Crippen molar-refractivity contribution >= 4 is 22.9 Å². The first-order valence-electron chi connectivity index (χ1n) is 6.89. The highest BCUT2D eigenvalue weighted by Gasteiger charge is 2.21. The van der Waals surface area contributed by atoms with Gasteiger partial charge in [0.05, 0.1) is 25.1 Å². The van der Waals surface area contributed by atoms with Gasteiger partial charge < -0.3 is 14.8 Å². The average Bonchev–Trinajstić information content (AvgIpc) is 2.97. The summed E-state index contributed by atoms with van der Waals surface area (Å²) >= 11 is 8.11. The fourth-order valence-corrected chi connectivity index (χ4v) is 3.42. The Morgan fingerprint density at radius 2 is 2.05 bits per heavy atom. The molecule has 0 aliphatic rings. The highest BCUT2D eigenvalue weighted by Crippen LogP contribution is 2.38. The van der Waals surface area contributed by atoms with Crippen molar-refractivity contribution in [3.05, 3.63) is 45.1 Å². The summed E-state index contributed by atoms with van der Waals surface area (Å²) < 4.78 is 10.7. The highest BCUT2D eigenvalue weighted by molar-refractivity contribution is 7.10. The van der Waals surface area contributed by atoms with E-state index in [1.54, 1.807) is 25.6 Å². The second-order valence-corrected chi connectivity index (χ2v) is 5.98. The minimum Gasteiger partial charge on any atom is -0.497 e. The molecule has 1 N–H and O–H groups in total. The van der Waals surface area contributed by atoms with E-state index < -0.39 is 0 Å². The van der Waals surface area contributed by atoms with Crippen molar-refractivity contribution in [3.63, 3.8) is 0 Å².